The van der Waals surface area contributed by atoms with Crippen LogP contribution in [0.4, 0.5) is 4.79 Å². The number of nitrogens with one attached hydrogen (secondary N) is 2. The van der Waals surface area contributed by atoms with Gasteiger partial charge in [-0.25, -0.2) is 4.79 Å². The highest BCUT2D eigenvalue weighted by atomic mass is 16.6. The van der Waals surface area contributed by atoms with Crippen molar-refractivity contribution in [1.82, 2.24) is 15.5 Å². The monoisotopic (exact) mass is 555 g/mol. The summed E-state index contributed by atoms with van der Waals surface area (Å²) in [7, 11) is 0. The molecule has 0 aromatic heterocycles. The van der Waals surface area contributed by atoms with E-state index in [1.807, 2.05) is 62.4 Å². The molecule has 2 atom stereocenters. The van der Waals surface area contributed by atoms with Gasteiger partial charge >= 0.3 is 6.09 Å². The van der Waals surface area contributed by atoms with E-state index >= 15 is 0 Å². The van der Waals surface area contributed by atoms with Crippen molar-refractivity contribution in [1.29, 1.82) is 0 Å². The number of carbonyl (C=O) groups is 3. The van der Waals surface area contributed by atoms with Gasteiger partial charge in [0.2, 0.25) is 5.91 Å². The van der Waals surface area contributed by atoms with Gasteiger partial charge in [-0.15, -0.1) is 0 Å². The maximum absolute atomic E-state index is 14.1. The summed E-state index contributed by atoms with van der Waals surface area (Å²) in [6, 6.07) is 21.3. The Morgan fingerprint density at radius 1 is 0.927 bits per heavy atom. The molecule has 3 amide bonds. The van der Waals surface area contributed by atoms with Gasteiger partial charge < -0.3 is 20.5 Å². The minimum atomic E-state index is -1.17. The molecule has 3 N–H and O–H groups in total. The third-order valence-electron chi connectivity index (χ3n) is 6.37. The van der Waals surface area contributed by atoms with E-state index in [9.17, 15) is 19.5 Å². The molecule has 3 aromatic carbocycles. The summed E-state index contributed by atoms with van der Waals surface area (Å²) in [5.41, 5.74) is 2.91. The minimum Gasteiger partial charge on any atom is -0.508 e. The number of aryl methyl sites for hydroxylation is 2. The van der Waals surface area contributed by atoms with E-state index in [-0.39, 0.29) is 18.7 Å². The molecule has 0 aliphatic carbocycles. The normalized spacial score (nSPS) is 12.4. The standard InChI is InChI=1S/C33H37N3O5/c1-7-36(31(39)27(35-32(40)41-33(4,5)6)20-24-16-18-26(37)19-17-24)29(28-22(2)12-11-13-23(28)3)30(38)34-21-25-14-9-8-10-15-25/h1,8-19,27,29,37H,20-21H2,2-6H3,(H,34,38)(H,35,40). The van der Waals surface area contributed by atoms with Gasteiger partial charge in [0.05, 0.1) is 0 Å². The van der Waals surface area contributed by atoms with Crippen LogP contribution in [-0.4, -0.2) is 39.6 Å². The van der Waals surface area contributed by atoms with Crippen LogP contribution in [0.15, 0.2) is 72.8 Å². The molecule has 0 aliphatic heterocycles. The molecule has 0 aliphatic rings. The van der Waals surface area contributed by atoms with Gasteiger partial charge in [-0.3, -0.25) is 14.5 Å². The molecule has 8 heteroatoms. The van der Waals surface area contributed by atoms with Gasteiger partial charge in [0, 0.05) is 19.0 Å². The first-order valence-corrected chi connectivity index (χ1v) is 13.3. The second-order valence-corrected chi connectivity index (χ2v) is 10.8. The molecule has 0 bridgehead atoms. The van der Waals surface area contributed by atoms with Crippen molar-refractivity contribution < 1.29 is 24.2 Å². The van der Waals surface area contributed by atoms with Crippen molar-refractivity contribution in [3.05, 3.63) is 101 Å². The van der Waals surface area contributed by atoms with Crippen LogP contribution >= 0.6 is 0 Å². The summed E-state index contributed by atoms with van der Waals surface area (Å²) in [5, 5.41) is 15.3. The lowest BCUT2D eigenvalue weighted by molar-refractivity contribution is -0.138. The highest BCUT2D eigenvalue weighted by Gasteiger charge is 2.37. The van der Waals surface area contributed by atoms with Crippen molar-refractivity contribution in [2.45, 2.75) is 65.3 Å². The van der Waals surface area contributed by atoms with Crippen molar-refractivity contribution >= 4 is 17.9 Å². The Balaban J connectivity index is 2.01. The molecule has 0 radical (unpaired) electrons. The van der Waals surface area contributed by atoms with Gasteiger partial charge in [-0.1, -0.05) is 67.1 Å². The summed E-state index contributed by atoms with van der Waals surface area (Å²) in [6.07, 6.45) is 5.18. The predicted octanol–water partition coefficient (Wildman–Crippen LogP) is 4.92. The Bertz CT molecular complexity index is 1390. The number of ether oxygens (including phenoxy) is 1. The van der Waals surface area contributed by atoms with E-state index in [2.05, 4.69) is 16.7 Å². The van der Waals surface area contributed by atoms with Crippen LogP contribution in [0.5, 0.6) is 5.75 Å². The smallest absolute Gasteiger partial charge is 0.408 e. The van der Waals surface area contributed by atoms with Gasteiger partial charge in [0.15, 0.2) is 0 Å². The number of terminal acetylenes is 1. The van der Waals surface area contributed by atoms with E-state index < -0.39 is 35.6 Å². The SMILES string of the molecule is C#CN(C(=O)C(Cc1ccc(O)cc1)NC(=O)OC(C)(C)C)C(C(=O)NCc1ccccc1)c1c(C)cccc1C. The van der Waals surface area contributed by atoms with Gasteiger partial charge in [-0.2, -0.15) is 0 Å². The maximum atomic E-state index is 14.1. The zero-order chi connectivity index (χ0) is 30.2. The molecule has 0 heterocycles. The molecule has 0 saturated carbocycles. The van der Waals surface area contributed by atoms with E-state index in [4.69, 9.17) is 11.2 Å². The Kier molecular flexibility index (Phi) is 10.2. The fourth-order valence-electron chi connectivity index (χ4n) is 4.47. The highest BCUT2D eigenvalue weighted by molar-refractivity contribution is 5.93. The van der Waals surface area contributed by atoms with Crippen LogP contribution < -0.4 is 10.6 Å². The zero-order valence-electron chi connectivity index (χ0n) is 24.1. The molecule has 8 nitrogen and oxygen atoms in total. The van der Waals surface area contributed by atoms with Crippen molar-refractivity contribution in [3.8, 4) is 18.2 Å². The first-order chi connectivity index (χ1) is 19.4. The van der Waals surface area contributed by atoms with Crippen LogP contribution in [0.2, 0.25) is 0 Å². The summed E-state index contributed by atoms with van der Waals surface area (Å²) in [4.78, 5) is 41.8. The maximum Gasteiger partial charge on any atom is 0.408 e. The zero-order valence-corrected chi connectivity index (χ0v) is 24.1. The van der Waals surface area contributed by atoms with Crippen molar-refractivity contribution in [3.63, 3.8) is 0 Å². The van der Waals surface area contributed by atoms with Crippen molar-refractivity contribution in [2.24, 2.45) is 0 Å². The first kappa shape index (κ1) is 30.8. The Hall–Kier alpha value is -4.77. The Labute approximate surface area is 241 Å². The molecule has 3 rings (SSSR count). The molecule has 0 saturated heterocycles. The number of benzene rings is 3. The van der Waals surface area contributed by atoms with Crippen LogP contribution in [0, 0.1) is 26.3 Å². The van der Waals surface area contributed by atoms with E-state index in [0.717, 1.165) is 21.6 Å². The summed E-state index contributed by atoms with van der Waals surface area (Å²) < 4.78 is 5.42. The topological polar surface area (TPSA) is 108 Å². The lowest BCUT2D eigenvalue weighted by atomic mass is 9.93. The average Bonchev–Trinajstić information content (AvgIpc) is 2.91. The number of phenols is 1. The third kappa shape index (κ3) is 8.61. The van der Waals surface area contributed by atoms with Crippen molar-refractivity contribution in [2.75, 3.05) is 0 Å². The number of phenolic OH excluding ortho intramolecular Hbond substituents is 1. The fraction of sp³-hybridized carbons (Fsp3) is 0.303. The number of nitrogens with zero attached hydrogens (tertiary/aromatic N) is 1. The lowest BCUT2D eigenvalue weighted by Crippen LogP contribution is -2.52. The first-order valence-electron chi connectivity index (χ1n) is 13.3. The van der Waals surface area contributed by atoms with E-state index in [0.29, 0.717) is 11.1 Å². The predicted molar refractivity (Wildman–Crippen MR) is 158 cm³/mol. The average molecular weight is 556 g/mol. The summed E-state index contributed by atoms with van der Waals surface area (Å²) in [6.45, 7) is 9.08. The van der Waals surface area contributed by atoms with Crippen LogP contribution in [0.1, 0.15) is 54.6 Å². The number of amides is 3. The number of carbonyl (C=O) groups excluding carboxylic acids is 3. The fourth-order valence-corrected chi connectivity index (χ4v) is 4.47. The Morgan fingerprint density at radius 2 is 1.54 bits per heavy atom. The number of hydrogen-bond donors (Lipinski definition) is 3. The molecule has 3 aromatic rings. The van der Waals surface area contributed by atoms with Crippen LogP contribution in [-0.2, 0) is 27.3 Å². The number of rotatable bonds is 9. The summed E-state index contributed by atoms with van der Waals surface area (Å²) >= 11 is 0. The molecular formula is C33H37N3O5. The van der Waals surface area contributed by atoms with Crippen LogP contribution in [0.25, 0.3) is 0 Å². The second kappa shape index (κ2) is 13.5. The molecule has 0 fully saturated rings. The van der Waals surface area contributed by atoms with Gasteiger partial charge in [0.25, 0.3) is 5.91 Å². The molecule has 214 valence electrons. The van der Waals surface area contributed by atoms with E-state index in [1.165, 1.54) is 12.1 Å². The largest absolute Gasteiger partial charge is 0.508 e. The lowest BCUT2D eigenvalue weighted by Gasteiger charge is -2.32. The number of aromatic hydroxyl groups is 1. The van der Waals surface area contributed by atoms with E-state index in [1.54, 1.807) is 32.9 Å². The molecule has 41 heavy (non-hydrogen) atoms. The summed E-state index contributed by atoms with van der Waals surface area (Å²) in [5.74, 6) is -1.06. The molecule has 2 unspecified atom stereocenters. The Morgan fingerprint density at radius 3 is 2.10 bits per heavy atom. The minimum absolute atomic E-state index is 0.0433. The molecular weight excluding hydrogens is 518 g/mol. The van der Waals surface area contributed by atoms with Crippen LogP contribution in [0.3, 0.4) is 0 Å². The van der Waals surface area contributed by atoms with Gasteiger partial charge in [0.1, 0.15) is 23.4 Å². The third-order valence-corrected chi connectivity index (χ3v) is 6.37. The number of hydrogen-bond acceptors (Lipinski definition) is 5. The quantitative estimate of drug-likeness (QED) is 0.257. The number of alkyl carbamates (subject to hydrolysis) is 1. The highest BCUT2D eigenvalue weighted by Crippen LogP contribution is 2.29. The molecule has 0 spiro atoms. The van der Waals surface area contributed by atoms with Gasteiger partial charge in [-0.05, 0) is 74.6 Å². The second-order valence-electron chi connectivity index (χ2n) is 10.8.